The van der Waals surface area contributed by atoms with E-state index in [0.29, 0.717) is 0 Å². The number of amides is 1. The number of benzene rings is 3. The van der Waals surface area contributed by atoms with Gasteiger partial charge in [0.2, 0.25) is 0 Å². The zero-order valence-corrected chi connectivity index (χ0v) is 17.2. The van der Waals surface area contributed by atoms with Crippen molar-refractivity contribution in [1.82, 2.24) is 15.1 Å². The van der Waals surface area contributed by atoms with Crippen LogP contribution in [0.25, 0.3) is 16.8 Å². The summed E-state index contributed by atoms with van der Waals surface area (Å²) in [7, 11) is 0. The average molecular weight is 454 g/mol. The number of para-hydroxylation sites is 1. The lowest BCUT2D eigenvalue weighted by molar-refractivity contribution is -0.141. The Bertz CT molecular complexity index is 1300. The van der Waals surface area contributed by atoms with Crippen LogP contribution in [-0.2, 0) is 6.18 Å². The third-order valence-electron chi connectivity index (χ3n) is 5.42. The molecule has 1 heterocycles. The Kier molecular flexibility index (Phi) is 4.78. The summed E-state index contributed by atoms with van der Waals surface area (Å²) in [5.41, 5.74) is 2.46. The van der Waals surface area contributed by atoms with Crippen LogP contribution in [0.1, 0.15) is 33.4 Å². The van der Waals surface area contributed by atoms with Crippen LogP contribution in [0.2, 0.25) is 5.02 Å². The molecule has 1 amide bonds. The molecule has 0 spiro atoms. The van der Waals surface area contributed by atoms with E-state index in [2.05, 4.69) is 10.4 Å². The van der Waals surface area contributed by atoms with Crippen molar-refractivity contribution in [1.29, 1.82) is 0 Å². The minimum Gasteiger partial charge on any atom is -0.340 e. The Morgan fingerprint density at radius 1 is 0.906 bits per heavy atom. The van der Waals surface area contributed by atoms with E-state index >= 15 is 0 Å². The number of rotatable bonds is 3. The van der Waals surface area contributed by atoms with Crippen LogP contribution < -0.4 is 5.32 Å². The van der Waals surface area contributed by atoms with Gasteiger partial charge in [-0.2, -0.15) is 18.3 Å². The lowest BCUT2D eigenvalue weighted by Gasteiger charge is -2.16. The van der Waals surface area contributed by atoms with E-state index in [0.717, 1.165) is 33.0 Å². The molecule has 0 fully saturated rings. The van der Waals surface area contributed by atoms with Crippen molar-refractivity contribution < 1.29 is 18.0 Å². The number of alkyl halides is 3. The largest absolute Gasteiger partial charge is 0.435 e. The minimum absolute atomic E-state index is 0.176. The summed E-state index contributed by atoms with van der Waals surface area (Å²) in [5.74, 6) is -0.690. The van der Waals surface area contributed by atoms with Gasteiger partial charge < -0.3 is 5.32 Å². The first-order valence-corrected chi connectivity index (χ1v) is 10.1. The van der Waals surface area contributed by atoms with Gasteiger partial charge >= 0.3 is 6.18 Å². The SMILES string of the molecule is O=C(NC1c2ccccc2-c2ccccc21)c1cc(C(F)(F)F)nn1-c1ccccc1Cl. The summed E-state index contributed by atoms with van der Waals surface area (Å²) >= 11 is 6.19. The zero-order valence-electron chi connectivity index (χ0n) is 16.4. The van der Waals surface area contributed by atoms with Gasteiger partial charge in [0.25, 0.3) is 5.91 Å². The van der Waals surface area contributed by atoms with Crippen LogP contribution in [-0.4, -0.2) is 15.7 Å². The van der Waals surface area contributed by atoms with Gasteiger partial charge in [-0.1, -0.05) is 72.3 Å². The Balaban J connectivity index is 1.59. The number of carbonyl (C=O) groups excluding carboxylic acids is 1. The molecule has 4 nitrogen and oxygen atoms in total. The predicted molar refractivity (Wildman–Crippen MR) is 115 cm³/mol. The number of hydrogen-bond donors (Lipinski definition) is 1. The van der Waals surface area contributed by atoms with E-state index in [1.54, 1.807) is 12.1 Å². The third kappa shape index (κ3) is 3.35. The van der Waals surface area contributed by atoms with Gasteiger partial charge in [0.15, 0.2) is 5.69 Å². The van der Waals surface area contributed by atoms with Crippen molar-refractivity contribution in [3.8, 4) is 16.8 Å². The Hall–Kier alpha value is -3.58. The van der Waals surface area contributed by atoms with Crippen molar-refractivity contribution in [2.24, 2.45) is 0 Å². The summed E-state index contributed by atoms with van der Waals surface area (Å²) in [6, 6.07) is 21.8. The van der Waals surface area contributed by atoms with Crippen molar-refractivity contribution >= 4 is 17.5 Å². The molecule has 1 aromatic heterocycles. The van der Waals surface area contributed by atoms with Crippen LogP contribution in [0.15, 0.2) is 78.9 Å². The Morgan fingerprint density at radius 2 is 1.47 bits per heavy atom. The number of aromatic nitrogens is 2. The van der Waals surface area contributed by atoms with Gasteiger partial charge in [0, 0.05) is 6.07 Å². The van der Waals surface area contributed by atoms with Gasteiger partial charge in [0.1, 0.15) is 5.69 Å². The van der Waals surface area contributed by atoms with Gasteiger partial charge in [-0.25, -0.2) is 4.68 Å². The van der Waals surface area contributed by atoms with Gasteiger partial charge in [0.05, 0.1) is 16.8 Å². The first-order valence-electron chi connectivity index (χ1n) is 9.76. The monoisotopic (exact) mass is 453 g/mol. The molecule has 0 saturated heterocycles. The van der Waals surface area contributed by atoms with Crippen LogP contribution in [0.5, 0.6) is 0 Å². The van der Waals surface area contributed by atoms with Crippen LogP contribution in [0, 0.1) is 0 Å². The maximum absolute atomic E-state index is 13.4. The van der Waals surface area contributed by atoms with E-state index in [-0.39, 0.29) is 16.4 Å². The highest BCUT2D eigenvalue weighted by molar-refractivity contribution is 6.32. The number of carbonyl (C=O) groups is 1. The highest BCUT2D eigenvalue weighted by Crippen LogP contribution is 2.43. The quantitative estimate of drug-likeness (QED) is 0.411. The van der Waals surface area contributed by atoms with Crippen LogP contribution in [0.3, 0.4) is 0 Å². The molecular formula is C24H15ClF3N3O. The van der Waals surface area contributed by atoms with Crippen molar-refractivity contribution in [3.63, 3.8) is 0 Å². The average Bonchev–Trinajstić information content (AvgIpc) is 3.35. The highest BCUT2D eigenvalue weighted by atomic mass is 35.5. The zero-order chi connectivity index (χ0) is 22.5. The predicted octanol–water partition coefficient (Wildman–Crippen LogP) is 6.04. The normalized spacial score (nSPS) is 13.0. The number of nitrogens with zero attached hydrogens (tertiary/aromatic N) is 2. The Morgan fingerprint density at radius 3 is 2.06 bits per heavy atom. The first kappa shape index (κ1) is 20.3. The molecule has 1 aliphatic carbocycles. The van der Waals surface area contributed by atoms with Crippen molar-refractivity contribution in [3.05, 3.63) is 106 Å². The minimum atomic E-state index is -4.71. The standard InChI is InChI=1S/C24H15ClF3N3O/c25-18-11-5-6-12-19(18)31-20(13-21(30-31)24(26,27)28)23(32)29-22-16-9-3-1-7-14(16)15-8-2-4-10-17(15)22/h1-13,22H,(H,29,32). The molecule has 0 atom stereocenters. The summed E-state index contributed by atoms with van der Waals surface area (Å²) in [4.78, 5) is 13.3. The summed E-state index contributed by atoms with van der Waals surface area (Å²) in [6.07, 6.45) is -4.71. The fraction of sp³-hybridized carbons (Fsp3) is 0.0833. The van der Waals surface area contributed by atoms with Gasteiger partial charge in [-0.15, -0.1) is 0 Å². The van der Waals surface area contributed by atoms with Gasteiger partial charge in [-0.3, -0.25) is 4.79 Å². The maximum atomic E-state index is 13.4. The van der Waals surface area contributed by atoms with E-state index in [1.165, 1.54) is 12.1 Å². The second-order valence-electron chi connectivity index (χ2n) is 7.36. The van der Waals surface area contributed by atoms with Crippen molar-refractivity contribution in [2.45, 2.75) is 12.2 Å². The fourth-order valence-corrected chi connectivity index (χ4v) is 4.22. The number of nitrogens with one attached hydrogen (secondary N) is 1. The number of hydrogen-bond acceptors (Lipinski definition) is 2. The molecule has 0 saturated carbocycles. The van der Waals surface area contributed by atoms with Gasteiger partial charge in [-0.05, 0) is 34.4 Å². The number of fused-ring (bicyclic) bond motifs is 3. The second-order valence-corrected chi connectivity index (χ2v) is 7.76. The van der Waals surface area contributed by atoms with E-state index < -0.39 is 23.8 Å². The first-order chi connectivity index (χ1) is 15.3. The van der Waals surface area contributed by atoms with E-state index in [4.69, 9.17) is 11.6 Å². The summed E-state index contributed by atoms with van der Waals surface area (Å²) in [6.45, 7) is 0. The Labute approximate surface area is 186 Å². The molecular weight excluding hydrogens is 439 g/mol. The maximum Gasteiger partial charge on any atom is 0.435 e. The number of halogens is 4. The molecule has 3 aromatic carbocycles. The van der Waals surface area contributed by atoms with E-state index in [9.17, 15) is 18.0 Å². The second kappa shape index (κ2) is 7.53. The molecule has 0 radical (unpaired) electrons. The topological polar surface area (TPSA) is 46.9 Å². The third-order valence-corrected chi connectivity index (χ3v) is 5.74. The summed E-state index contributed by atoms with van der Waals surface area (Å²) in [5, 5.41) is 6.71. The molecule has 32 heavy (non-hydrogen) atoms. The van der Waals surface area contributed by atoms with Crippen LogP contribution >= 0.6 is 11.6 Å². The van der Waals surface area contributed by atoms with E-state index in [1.807, 2.05) is 48.5 Å². The molecule has 0 aliphatic heterocycles. The molecule has 0 unspecified atom stereocenters. The molecule has 0 bridgehead atoms. The lowest BCUT2D eigenvalue weighted by atomic mass is 10.1. The lowest BCUT2D eigenvalue weighted by Crippen LogP contribution is -2.30. The molecule has 1 aliphatic rings. The molecule has 8 heteroatoms. The smallest absolute Gasteiger partial charge is 0.340 e. The molecule has 5 rings (SSSR count). The van der Waals surface area contributed by atoms with Crippen LogP contribution in [0.4, 0.5) is 13.2 Å². The van der Waals surface area contributed by atoms with Crippen molar-refractivity contribution in [2.75, 3.05) is 0 Å². The molecule has 4 aromatic rings. The fourth-order valence-electron chi connectivity index (χ4n) is 4.00. The molecule has 1 N–H and O–H groups in total. The highest BCUT2D eigenvalue weighted by Gasteiger charge is 2.37. The summed E-state index contributed by atoms with van der Waals surface area (Å²) < 4.78 is 41.2. The molecule has 160 valence electrons.